The molecule has 0 aliphatic rings. The van der Waals surface area contributed by atoms with Gasteiger partial charge in [-0.05, 0) is 32.2 Å². The number of hydrogen-bond acceptors (Lipinski definition) is 4. The second-order valence-electron chi connectivity index (χ2n) is 6.12. The Labute approximate surface area is 129 Å². The van der Waals surface area contributed by atoms with Crippen LogP contribution in [0.3, 0.4) is 0 Å². The Bertz CT molecular complexity index is 751. The Morgan fingerprint density at radius 3 is 2.71 bits per heavy atom. The highest BCUT2D eigenvalue weighted by Crippen LogP contribution is 2.29. The first kappa shape index (κ1) is 14.2. The molecule has 3 nitrogen and oxygen atoms in total. The molecule has 0 bridgehead atoms. The number of nitrogens with one attached hydrogen (secondary N) is 1. The third-order valence-corrected chi connectivity index (χ3v) is 4.23. The van der Waals surface area contributed by atoms with Crippen molar-refractivity contribution in [2.75, 3.05) is 0 Å². The van der Waals surface area contributed by atoms with Crippen molar-refractivity contribution in [1.82, 2.24) is 15.3 Å². The number of rotatable bonds is 3. The molecule has 0 radical (unpaired) electrons. The van der Waals surface area contributed by atoms with Crippen LogP contribution in [-0.4, -0.2) is 15.5 Å². The summed E-state index contributed by atoms with van der Waals surface area (Å²) in [7, 11) is 0. The molecule has 1 aromatic carbocycles. The second kappa shape index (κ2) is 5.54. The first-order chi connectivity index (χ1) is 10.0. The molecule has 0 amide bonds. The van der Waals surface area contributed by atoms with E-state index in [1.807, 2.05) is 30.6 Å². The fraction of sp³-hybridized carbons (Fsp3) is 0.294. The Morgan fingerprint density at radius 2 is 1.90 bits per heavy atom. The third kappa shape index (κ3) is 3.28. The monoisotopic (exact) mass is 297 g/mol. The predicted octanol–water partition coefficient (Wildman–Crippen LogP) is 4.25. The zero-order valence-electron chi connectivity index (χ0n) is 12.6. The minimum Gasteiger partial charge on any atom is -0.307 e. The highest BCUT2D eigenvalue weighted by Gasteiger charge is 2.12. The molecule has 0 spiro atoms. The molecule has 0 aliphatic heterocycles. The summed E-state index contributed by atoms with van der Waals surface area (Å²) in [6, 6.07) is 10.3. The van der Waals surface area contributed by atoms with Gasteiger partial charge in [0, 0.05) is 34.7 Å². The summed E-state index contributed by atoms with van der Waals surface area (Å²) in [5, 5.41) is 6.83. The van der Waals surface area contributed by atoms with Gasteiger partial charge in [0.2, 0.25) is 0 Å². The van der Waals surface area contributed by atoms with E-state index in [0.29, 0.717) is 0 Å². The van der Waals surface area contributed by atoms with Gasteiger partial charge in [-0.15, -0.1) is 11.3 Å². The van der Waals surface area contributed by atoms with Crippen molar-refractivity contribution in [3.63, 3.8) is 0 Å². The first-order valence-corrected chi connectivity index (χ1v) is 7.88. The summed E-state index contributed by atoms with van der Waals surface area (Å²) in [4.78, 5) is 10.3. The van der Waals surface area contributed by atoms with Gasteiger partial charge in [-0.25, -0.2) is 4.98 Å². The van der Waals surface area contributed by atoms with Crippen LogP contribution >= 0.6 is 11.3 Å². The summed E-state index contributed by atoms with van der Waals surface area (Å²) in [6.07, 6.45) is 3.80. The smallest absolute Gasteiger partial charge is 0.142 e. The summed E-state index contributed by atoms with van der Waals surface area (Å²) < 4.78 is 0. The van der Waals surface area contributed by atoms with Crippen LogP contribution in [0.25, 0.3) is 21.5 Å². The highest BCUT2D eigenvalue weighted by molar-refractivity contribution is 7.15. The Balaban J connectivity index is 1.92. The van der Waals surface area contributed by atoms with Crippen LogP contribution < -0.4 is 5.32 Å². The van der Waals surface area contributed by atoms with Crippen LogP contribution in [0.1, 0.15) is 25.6 Å². The van der Waals surface area contributed by atoms with E-state index in [-0.39, 0.29) is 5.54 Å². The molecular weight excluding hydrogens is 278 g/mol. The lowest BCUT2D eigenvalue weighted by atomic mass is 10.1. The van der Waals surface area contributed by atoms with Crippen LogP contribution in [-0.2, 0) is 6.54 Å². The van der Waals surface area contributed by atoms with Gasteiger partial charge < -0.3 is 5.32 Å². The minimum atomic E-state index is 0.113. The molecule has 2 aromatic heterocycles. The maximum absolute atomic E-state index is 4.55. The molecular formula is C17H19N3S. The van der Waals surface area contributed by atoms with Gasteiger partial charge in [0.15, 0.2) is 0 Å². The van der Waals surface area contributed by atoms with E-state index in [0.717, 1.165) is 22.6 Å². The predicted molar refractivity (Wildman–Crippen MR) is 89.4 cm³/mol. The van der Waals surface area contributed by atoms with Crippen LogP contribution in [0, 0.1) is 0 Å². The number of nitrogens with zero attached hydrogens (tertiary/aromatic N) is 2. The van der Waals surface area contributed by atoms with Crippen LogP contribution in [0.2, 0.25) is 0 Å². The van der Waals surface area contributed by atoms with Gasteiger partial charge in [0.25, 0.3) is 0 Å². The topological polar surface area (TPSA) is 37.8 Å². The minimum absolute atomic E-state index is 0.113. The molecule has 0 fully saturated rings. The number of pyridine rings is 1. The van der Waals surface area contributed by atoms with Crippen molar-refractivity contribution < 1.29 is 0 Å². The number of hydrogen-bond donors (Lipinski definition) is 1. The lowest BCUT2D eigenvalue weighted by molar-refractivity contribution is 0.426. The zero-order chi connectivity index (χ0) is 14.9. The summed E-state index contributed by atoms with van der Waals surface area (Å²) in [5.41, 5.74) is 1.09. The quantitative estimate of drug-likeness (QED) is 0.785. The average Bonchev–Trinajstić information content (AvgIpc) is 2.92. The highest BCUT2D eigenvalue weighted by atomic mass is 32.1. The van der Waals surface area contributed by atoms with Crippen molar-refractivity contribution in [2.45, 2.75) is 32.9 Å². The van der Waals surface area contributed by atoms with Gasteiger partial charge in [-0.1, -0.05) is 24.3 Å². The van der Waals surface area contributed by atoms with Crippen LogP contribution in [0.4, 0.5) is 0 Å². The third-order valence-electron chi connectivity index (χ3n) is 3.22. The van der Waals surface area contributed by atoms with Crippen molar-refractivity contribution in [3.8, 4) is 10.7 Å². The van der Waals surface area contributed by atoms with E-state index in [4.69, 9.17) is 0 Å². The van der Waals surface area contributed by atoms with Gasteiger partial charge in [0.05, 0.1) is 0 Å². The maximum atomic E-state index is 4.55. The van der Waals surface area contributed by atoms with E-state index < -0.39 is 0 Å². The van der Waals surface area contributed by atoms with Crippen LogP contribution in [0.5, 0.6) is 0 Å². The fourth-order valence-corrected chi connectivity index (χ4v) is 3.00. The molecule has 3 aromatic rings. The molecule has 1 N–H and O–H groups in total. The molecule has 2 heterocycles. The normalized spacial score (nSPS) is 12.0. The summed E-state index contributed by atoms with van der Waals surface area (Å²) >= 11 is 1.71. The SMILES string of the molecule is CC(C)(C)NCc1cnc(-c2nccc3ccccc23)s1. The van der Waals surface area contributed by atoms with Gasteiger partial charge in [0.1, 0.15) is 10.7 Å². The standard InChI is InChI=1S/C17H19N3S/c1-17(2,3)20-11-13-10-19-16(21-13)15-14-7-5-4-6-12(14)8-9-18-15/h4-10,20H,11H2,1-3H3. The van der Waals surface area contributed by atoms with Gasteiger partial charge >= 0.3 is 0 Å². The number of thiazole rings is 1. The number of benzene rings is 1. The number of aromatic nitrogens is 2. The van der Waals surface area contributed by atoms with Crippen LogP contribution in [0.15, 0.2) is 42.7 Å². The Hall–Kier alpha value is -1.78. The molecule has 3 rings (SSSR count). The van der Waals surface area contributed by atoms with E-state index >= 15 is 0 Å². The van der Waals surface area contributed by atoms with Gasteiger partial charge in [-0.2, -0.15) is 0 Å². The molecule has 0 atom stereocenters. The molecule has 0 saturated heterocycles. The number of fused-ring (bicyclic) bond motifs is 1. The van der Waals surface area contributed by atoms with Gasteiger partial charge in [-0.3, -0.25) is 4.98 Å². The first-order valence-electron chi connectivity index (χ1n) is 7.07. The molecule has 0 aliphatic carbocycles. The van der Waals surface area contributed by atoms with Crippen molar-refractivity contribution in [1.29, 1.82) is 0 Å². The average molecular weight is 297 g/mol. The second-order valence-corrected chi connectivity index (χ2v) is 7.23. The van der Waals surface area contributed by atoms with E-state index in [9.17, 15) is 0 Å². The lowest BCUT2D eigenvalue weighted by Crippen LogP contribution is -2.34. The molecule has 108 valence electrons. The summed E-state index contributed by atoms with van der Waals surface area (Å²) in [5.74, 6) is 0. The largest absolute Gasteiger partial charge is 0.307 e. The molecule has 21 heavy (non-hydrogen) atoms. The van der Waals surface area contributed by atoms with E-state index in [2.05, 4.69) is 48.2 Å². The van der Waals surface area contributed by atoms with Crippen molar-refractivity contribution in [3.05, 3.63) is 47.6 Å². The fourth-order valence-electron chi connectivity index (χ4n) is 2.14. The van der Waals surface area contributed by atoms with Crippen molar-refractivity contribution in [2.24, 2.45) is 0 Å². The molecule has 4 heteroatoms. The Morgan fingerprint density at radius 1 is 1.10 bits per heavy atom. The Kier molecular flexibility index (Phi) is 3.74. The molecule has 0 saturated carbocycles. The van der Waals surface area contributed by atoms with Crippen molar-refractivity contribution >= 4 is 22.1 Å². The molecule has 0 unspecified atom stereocenters. The zero-order valence-corrected chi connectivity index (χ0v) is 13.4. The van der Waals surface area contributed by atoms with E-state index in [1.54, 1.807) is 11.3 Å². The maximum Gasteiger partial charge on any atom is 0.142 e. The summed E-state index contributed by atoms with van der Waals surface area (Å²) in [6.45, 7) is 7.34. The lowest BCUT2D eigenvalue weighted by Gasteiger charge is -2.19. The van der Waals surface area contributed by atoms with E-state index in [1.165, 1.54) is 10.3 Å².